The lowest BCUT2D eigenvalue weighted by molar-refractivity contribution is -0.384. The first-order valence-corrected chi connectivity index (χ1v) is 5.19. The zero-order chi connectivity index (χ0) is 12.8. The van der Waals surface area contributed by atoms with E-state index < -0.39 is 4.92 Å². The van der Waals surface area contributed by atoms with Gasteiger partial charge in [0.15, 0.2) is 0 Å². The van der Waals surface area contributed by atoms with Crippen molar-refractivity contribution < 1.29 is 9.72 Å². The van der Waals surface area contributed by atoms with E-state index in [1.165, 1.54) is 17.0 Å². The molecule has 0 fully saturated rings. The number of carbonyl (C=O) groups excluding carboxylic acids is 1. The monoisotopic (exact) mass is 237 g/mol. The van der Waals surface area contributed by atoms with Crippen LogP contribution in [0.4, 0.5) is 11.4 Å². The summed E-state index contributed by atoms with van der Waals surface area (Å²) in [5, 5.41) is 13.5. The van der Waals surface area contributed by atoms with Gasteiger partial charge >= 0.3 is 0 Å². The Morgan fingerprint density at radius 1 is 1.35 bits per heavy atom. The van der Waals surface area contributed by atoms with Gasteiger partial charge in [0.05, 0.1) is 4.92 Å². The number of hydrogen-bond acceptors (Lipinski definition) is 4. The molecule has 1 aromatic carbocycles. The second-order valence-electron chi connectivity index (χ2n) is 3.77. The summed E-state index contributed by atoms with van der Waals surface area (Å²) in [7, 11) is 3.41. The van der Waals surface area contributed by atoms with Crippen molar-refractivity contribution in [3.8, 4) is 0 Å². The van der Waals surface area contributed by atoms with Gasteiger partial charge in [-0.05, 0) is 12.1 Å². The van der Waals surface area contributed by atoms with Crippen LogP contribution in [0.3, 0.4) is 0 Å². The number of rotatable bonds is 5. The molecule has 0 aliphatic heterocycles. The van der Waals surface area contributed by atoms with Gasteiger partial charge in [-0.25, -0.2) is 0 Å². The number of hydrogen-bond donors (Lipinski definition) is 1. The zero-order valence-corrected chi connectivity index (χ0v) is 9.84. The molecule has 1 aromatic rings. The zero-order valence-electron chi connectivity index (χ0n) is 9.84. The van der Waals surface area contributed by atoms with E-state index in [0.717, 1.165) is 5.69 Å². The van der Waals surface area contributed by atoms with Gasteiger partial charge in [0, 0.05) is 44.9 Å². The van der Waals surface area contributed by atoms with E-state index in [9.17, 15) is 14.9 Å². The minimum absolute atomic E-state index is 0.0411. The highest BCUT2D eigenvalue weighted by atomic mass is 16.6. The summed E-state index contributed by atoms with van der Waals surface area (Å²) in [6, 6.07) is 6.10. The summed E-state index contributed by atoms with van der Waals surface area (Å²) < 4.78 is 0. The number of benzene rings is 1. The maximum Gasteiger partial charge on any atom is 0.269 e. The second kappa shape index (κ2) is 5.83. The van der Waals surface area contributed by atoms with E-state index >= 15 is 0 Å². The summed E-state index contributed by atoms with van der Waals surface area (Å²) in [5.41, 5.74) is 0.821. The van der Waals surface area contributed by atoms with Crippen LogP contribution >= 0.6 is 0 Å². The van der Waals surface area contributed by atoms with Crippen LogP contribution in [0.25, 0.3) is 0 Å². The maximum absolute atomic E-state index is 11.3. The topological polar surface area (TPSA) is 75.5 Å². The highest BCUT2D eigenvalue weighted by Gasteiger charge is 2.05. The Labute approximate surface area is 99.4 Å². The first-order chi connectivity index (χ1) is 8.00. The molecule has 0 saturated carbocycles. The molecule has 0 radical (unpaired) electrons. The molecule has 0 saturated heterocycles. The van der Waals surface area contributed by atoms with Crippen LogP contribution in [0, 0.1) is 10.1 Å². The predicted molar refractivity (Wildman–Crippen MR) is 64.9 cm³/mol. The molecule has 6 nitrogen and oxygen atoms in total. The quantitative estimate of drug-likeness (QED) is 0.621. The number of nitrogens with zero attached hydrogens (tertiary/aromatic N) is 2. The van der Waals surface area contributed by atoms with Crippen molar-refractivity contribution in [2.75, 3.05) is 26.0 Å². The van der Waals surface area contributed by atoms with Crippen LogP contribution in [0.1, 0.15) is 6.42 Å². The van der Waals surface area contributed by atoms with Gasteiger partial charge in [-0.15, -0.1) is 0 Å². The largest absolute Gasteiger partial charge is 0.385 e. The molecule has 0 spiro atoms. The number of carbonyl (C=O) groups is 1. The van der Waals surface area contributed by atoms with E-state index in [1.54, 1.807) is 26.2 Å². The molecular weight excluding hydrogens is 222 g/mol. The van der Waals surface area contributed by atoms with Gasteiger partial charge in [0.25, 0.3) is 5.69 Å². The van der Waals surface area contributed by atoms with Crippen molar-refractivity contribution in [3.63, 3.8) is 0 Å². The van der Waals surface area contributed by atoms with Crippen LogP contribution < -0.4 is 5.32 Å². The number of anilines is 1. The van der Waals surface area contributed by atoms with Gasteiger partial charge < -0.3 is 10.2 Å². The number of nitro benzene ring substituents is 1. The molecular formula is C11H15N3O3. The van der Waals surface area contributed by atoms with E-state index in [0.29, 0.717) is 13.0 Å². The molecule has 1 N–H and O–H groups in total. The molecule has 0 heterocycles. The van der Waals surface area contributed by atoms with Crippen molar-refractivity contribution in [3.05, 3.63) is 34.4 Å². The Morgan fingerprint density at radius 2 is 1.94 bits per heavy atom. The minimum atomic E-state index is -0.445. The van der Waals surface area contributed by atoms with Crippen LogP contribution in [0.5, 0.6) is 0 Å². The summed E-state index contributed by atoms with van der Waals surface area (Å²) in [6.45, 7) is 0.509. The normalized spacial score (nSPS) is 9.76. The van der Waals surface area contributed by atoms with Crippen molar-refractivity contribution in [1.29, 1.82) is 0 Å². The molecule has 0 aliphatic rings. The first-order valence-electron chi connectivity index (χ1n) is 5.19. The minimum Gasteiger partial charge on any atom is -0.385 e. The second-order valence-corrected chi connectivity index (χ2v) is 3.77. The lowest BCUT2D eigenvalue weighted by Crippen LogP contribution is -2.23. The third-order valence-electron chi connectivity index (χ3n) is 2.24. The fourth-order valence-electron chi connectivity index (χ4n) is 1.24. The number of nitrogens with one attached hydrogen (secondary N) is 1. The highest BCUT2D eigenvalue weighted by molar-refractivity contribution is 5.76. The predicted octanol–water partition coefficient (Wildman–Crippen LogP) is 1.48. The SMILES string of the molecule is CN(C)C(=O)CCNc1ccc([N+](=O)[O-])cc1. The van der Waals surface area contributed by atoms with Gasteiger partial charge in [-0.1, -0.05) is 0 Å². The average molecular weight is 237 g/mol. The average Bonchev–Trinajstić information content (AvgIpc) is 2.29. The Bertz CT molecular complexity index is 401. The van der Waals surface area contributed by atoms with Gasteiger partial charge in [-0.3, -0.25) is 14.9 Å². The van der Waals surface area contributed by atoms with E-state index in [-0.39, 0.29) is 11.6 Å². The molecule has 92 valence electrons. The van der Waals surface area contributed by atoms with Gasteiger partial charge in [0.2, 0.25) is 5.91 Å². The lowest BCUT2D eigenvalue weighted by atomic mass is 10.2. The Balaban J connectivity index is 2.42. The summed E-state index contributed by atoms with van der Waals surface area (Å²) in [6.07, 6.45) is 0.393. The highest BCUT2D eigenvalue weighted by Crippen LogP contribution is 2.15. The number of nitro groups is 1. The third kappa shape index (κ3) is 4.10. The van der Waals surface area contributed by atoms with Crippen molar-refractivity contribution in [1.82, 2.24) is 4.90 Å². The number of amides is 1. The van der Waals surface area contributed by atoms with Gasteiger partial charge in [-0.2, -0.15) is 0 Å². The van der Waals surface area contributed by atoms with Crippen LogP contribution in [-0.4, -0.2) is 36.4 Å². The maximum atomic E-state index is 11.3. The third-order valence-corrected chi connectivity index (χ3v) is 2.24. The molecule has 0 bridgehead atoms. The van der Waals surface area contributed by atoms with E-state index in [2.05, 4.69) is 5.32 Å². The Kier molecular flexibility index (Phi) is 4.45. The first kappa shape index (κ1) is 13.0. The molecule has 1 rings (SSSR count). The van der Waals surface area contributed by atoms with Crippen LogP contribution in [0.2, 0.25) is 0 Å². The van der Waals surface area contributed by atoms with Crippen molar-refractivity contribution >= 4 is 17.3 Å². The van der Waals surface area contributed by atoms with E-state index in [4.69, 9.17) is 0 Å². The Morgan fingerprint density at radius 3 is 2.41 bits per heavy atom. The molecule has 0 aliphatic carbocycles. The van der Waals surface area contributed by atoms with Crippen LogP contribution in [0.15, 0.2) is 24.3 Å². The van der Waals surface area contributed by atoms with Crippen LogP contribution in [-0.2, 0) is 4.79 Å². The summed E-state index contributed by atoms with van der Waals surface area (Å²) in [4.78, 5) is 22.8. The lowest BCUT2D eigenvalue weighted by Gasteiger charge is -2.10. The molecule has 17 heavy (non-hydrogen) atoms. The fraction of sp³-hybridized carbons (Fsp3) is 0.364. The smallest absolute Gasteiger partial charge is 0.269 e. The summed E-state index contributed by atoms with van der Waals surface area (Å²) in [5.74, 6) is 0.0411. The Hall–Kier alpha value is -2.11. The number of non-ortho nitro benzene ring substituents is 1. The van der Waals surface area contributed by atoms with Crippen molar-refractivity contribution in [2.45, 2.75) is 6.42 Å². The molecule has 1 amide bonds. The van der Waals surface area contributed by atoms with Crippen molar-refractivity contribution in [2.24, 2.45) is 0 Å². The van der Waals surface area contributed by atoms with E-state index in [1.807, 2.05) is 0 Å². The molecule has 0 unspecified atom stereocenters. The molecule has 0 atom stereocenters. The molecule has 6 heteroatoms. The fourth-order valence-corrected chi connectivity index (χ4v) is 1.24. The van der Waals surface area contributed by atoms with Gasteiger partial charge in [0.1, 0.15) is 0 Å². The summed E-state index contributed by atoms with van der Waals surface area (Å²) >= 11 is 0. The molecule has 0 aromatic heterocycles. The standard InChI is InChI=1S/C11H15N3O3/c1-13(2)11(15)7-8-12-9-3-5-10(6-4-9)14(16)17/h3-6,12H,7-8H2,1-2H3.